The summed E-state index contributed by atoms with van der Waals surface area (Å²) in [6.07, 6.45) is 6.62. The molecule has 1 atom stereocenters. The van der Waals surface area contributed by atoms with Crippen LogP contribution >= 0.6 is 0 Å². The summed E-state index contributed by atoms with van der Waals surface area (Å²) in [7, 11) is 0. The second kappa shape index (κ2) is 6.71. The highest BCUT2D eigenvalue weighted by atomic mass is 16.2. The van der Waals surface area contributed by atoms with Gasteiger partial charge in [0.05, 0.1) is 6.54 Å². The molecule has 138 valence electrons. The summed E-state index contributed by atoms with van der Waals surface area (Å²) in [6.45, 7) is 9.15. The van der Waals surface area contributed by atoms with Gasteiger partial charge >= 0.3 is 0 Å². The van der Waals surface area contributed by atoms with Gasteiger partial charge in [0.25, 0.3) is 0 Å². The highest BCUT2D eigenvalue weighted by Crippen LogP contribution is 2.40. The van der Waals surface area contributed by atoms with Crippen molar-refractivity contribution in [3.05, 3.63) is 11.6 Å². The Labute approximate surface area is 150 Å². The first kappa shape index (κ1) is 17.0. The lowest BCUT2D eigenvalue weighted by Crippen LogP contribution is -2.43. The molecule has 3 heterocycles. The number of amides is 1. The van der Waals surface area contributed by atoms with Crippen LogP contribution in [0.15, 0.2) is 0 Å². The van der Waals surface area contributed by atoms with Gasteiger partial charge in [-0.2, -0.15) is 0 Å². The van der Waals surface area contributed by atoms with E-state index in [-0.39, 0.29) is 5.92 Å². The topological polar surface area (TPSA) is 63.1 Å². The second-order valence-electron chi connectivity index (χ2n) is 8.86. The van der Waals surface area contributed by atoms with E-state index in [0.717, 1.165) is 70.1 Å². The number of nitrogens with zero attached hydrogens (tertiary/aromatic N) is 4. The summed E-state index contributed by atoms with van der Waals surface area (Å²) in [5, 5.41) is 12.2. The minimum absolute atomic E-state index is 0.243. The summed E-state index contributed by atoms with van der Waals surface area (Å²) in [5.74, 6) is 3.30. The number of hydrogen-bond acceptors (Lipinski definition) is 4. The van der Waals surface area contributed by atoms with Crippen molar-refractivity contribution in [2.75, 3.05) is 19.6 Å². The molecule has 1 amide bonds. The van der Waals surface area contributed by atoms with Crippen LogP contribution in [0.3, 0.4) is 0 Å². The summed E-state index contributed by atoms with van der Waals surface area (Å²) < 4.78 is 2.29. The third-order valence-electron chi connectivity index (χ3n) is 6.38. The van der Waals surface area contributed by atoms with E-state index in [1.165, 1.54) is 12.8 Å². The summed E-state index contributed by atoms with van der Waals surface area (Å²) in [5.41, 5.74) is 0.325. The molecule has 6 heteroatoms. The van der Waals surface area contributed by atoms with E-state index in [4.69, 9.17) is 0 Å². The standard InChI is InChI=1S/C19H31N5O/c1-19(2)7-3-4-15(12-19)18(25)23-9-5-14(6-10-23)17-22-21-16-13-20-8-11-24(16)17/h14-15,20H,3-13H2,1-2H3. The maximum absolute atomic E-state index is 13.0. The number of nitrogens with one attached hydrogen (secondary N) is 1. The van der Waals surface area contributed by atoms with Gasteiger partial charge < -0.3 is 14.8 Å². The van der Waals surface area contributed by atoms with E-state index < -0.39 is 0 Å². The molecule has 4 rings (SSSR count). The van der Waals surface area contributed by atoms with Crippen molar-refractivity contribution >= 4 is 5.91 Å². The van der Waals surface area contributed by atoms with Gasteiger partial charge in [-0.15, -0.1) is 10.2 Å². The van der Waals surface area contributed by atoms with E-state index in [1.54, 1.807) is 0 Å². The Morgan fingerprint density at radius 3 is 2.72 bits per heavy atom. The zero-order chi connectivity index (χ0) is 17.4. The van der Waals surface area contributed by atoms with Gasteiger partial charge in [0, 0.05) is 38.0 Å². The fraction of sp³-hybridized carbons (Fsp3) is 0.842. The SMILES string of the molecule is CC1(C)CCCC(C(=O)N2CCC(c3nnc4n3CCNC4)CC2)C1. The highest BCUT2D eigenvalue weighted by Gasteiger charge is 2.36. The molecule has 25 heavy (non-hydrogen) atoms. The second-order valence-corrected chi connectivity index (χ2v) is 8.86. The van der Waals surface area contributed by atoms with Gasteiger partial charge in [-0.25, -0.2) is 0 Å². The lowest BCUT2D eigenvalue weighted by atomic mass is 9.71. The largest absolute Gasteiger partial charge is 0.342 e. The number of aromatic nitrogens is 3. The lowest BCUT2D eigenvalue weighted by molar-refractivity contribution is -0.139. The van der Waals surface area contributed by atoms with Crippen molar-refractivity contribution in [1.82, 2.24) is 25.0 Å². The van der Waals surface area contributed by atoms with E-state index in [2.05, 4.69) is 38.8 Å². The fourth-order valence-electron chi connectivity index (χ4n) is 4.94. The number of likely N-dealkylation sites (tertiary alicyclic amines) is 1. The summed E-state index contributed by atoms with van der Waals surface area (Å²) in [4.78, 5) is 15.1. The third-order valence-corrected chi connectivity index (χ3v) is 6.38. The predicted octanol–water partition coefficient (Wildman–Crippen LogP) is 2.30. The van der Waals surface area contributed by atoms with Crippen LogP contribution in [0.2, 0.25) is 0 Å². The normalized spacial score (nSPS) is 27.1. The highest BCUT2D eigenvalue weighted by molar-refractivity contribution is 5.79. The van der Waals surface area contributed by atoms with E-state index in [9.17, 15) is 4.79 Å². The summed E-state index contributed by atoms with van der Waals surface area (Å²) in [6, 6.07) is 0. The molecule has 1 saturated carbocycles. The molecule has 1 aromatic heterocycles. The van der Waals surface area contributed by atoms with Crippen molar-refractivity contribution in [2.45, 2.75) is 71.4 Å². The van der Waals surface area contributed by atoms with Crippen LogP contribution in [-0.2, 0) is 17.9 Å². The molecule has 2 aliphatic heterocycles. The van der Waals surface area contributed by atoms with Gasteiger partial charge in [0.2, 0.25) is 5.91 Å². The van der Waals surface area contributed by atoms with E-state index in [0.29, 0.717) is 17.2 Å². The smallest absolute Gasteiger partial charge is 0.225 e. The van der Waals surface area contributed by atoms with Crippen molar-refractivity contribution in [3.8, 4) is 0 Å². The first-order valence-electron chi connectivity index (χ1n) is 9.95. The molecular weight excluding hydrogens is 314 g/mol. The van der Waals surface area contributed by atoms with E-state index in [1.807, 2.05) is 0 Å². The quantitative estimate of drug-likeness (QED) is 0.893. The molecule has 0 bridgehead atoms. The van der Waals surface area contributed by atoms with Crippen LogP contribution in [0, 0.1) is 11.3 Å². The third kappa shape index (κ3) is 3.46. The van der Waals surface area contributed by atoms with Crippen LogP contribution < -0.4 is 5.32 Å². The molecule has 0 radical (unpaired) electrons. The Balaban J connectivity index is 1.37. The molecule has 1 N–H and O–H groups in total. The number of piperidine rings is 1. The molecule has 1 aliphatic carbocycles. The van der Waals surface area contributed by atoms with Crippen LogP contribution in [-0.4, -0.2) is 45.2 Å². The zero-order valence-electron chi connectivity index (χ0n) is 15.6. The van der Waals surface area contributed by atoms with Crippen LogP contribution in [0.25, 0.3) is 0 Å². The number of carbonyl (C=O) groups excluding carboxylic acids is 1. The number of rotatable bonds is 2. The zero-order valence-corrected chi connectivity index (χ0v) is 15.6. The van der Waals surface area contributed by atoms with Crippen LogP contribution in [0.1, 0.15) is 69.9 Å². The van der Waals surface area contributed by atoms with Crippen LogP contribution in [0.5, 0.6) is 0 Å². The van der Waals surface area contributed by atoms with Crippen molar-refractivity contribution < 1.29 is 4.79 Å². The lowest BCUT2D eigenvalue weighted by Gasteiger charge is -2.39. The maximum atomic E-state index is 13.0. The maximum Gasteiger partial charge on any atom is 0.225 e. The monoisotopic (exact) mass is 345 g/mol. The Morgan fingerprint density at radius 1 is 1.16 bits per heavy atom. The first-order chi connectivity index (χ1) is 12.0. The van der Waals surface area contributed by atoms with Gasteiger partial charge in [0.1, 0.15) is 11.6 Å². The molecule has 0 spiro atoms. The van der Waals surface area contributed by atoms with Crippen LogP contribution in [0.4, 0.5) is 0 Å². The number of hydrogen-bond donors (Lipinski definition) is 1. The molecule has 6 nitrogen and oxygen atoms in total. The Hall–Kier alpha value is -1.43. The fourth-order valence-corrected chi connectivity index (χ4v) is 4.94. The van der Waals surface area contributed by atoms with Crippen molar-refractivity contribution in [3.63, 3.8) is 0 Å². The molecule has 1 saturated heterocycles. The predicted molar refractivity (Wildman–Crippen MR) is 96.0 cm³/mol. The average molecular weight is 345 g/mol. The molecule has 1 aromatic rings. The molecule has 0 aromatic carbocycles. The first-order valence-corrected chi connectivity index (χ1v) is 9.95. The summed E-state index contributed by atoms with van der Waals surface area (Å²) >= 11 is 0. The number of carbonyl (C=O) groups is 1. The van der Waals surface area contributed by atoms with Crippen molar-refractivity contribution in [1.29, 1.82) is 0 Å². The molecular formula is C19H31N5O. The van der Waals surface area contributed by atoms with Gasteiger partial charge in [-0.05, 0) is 37.5 Å². The Morgan fingerprint density at radius 2 is 1.96 bits per heavy atom. The molecule has 1 unspecified atom stereocenters. The minimum Gasteiger partial charge on any atom is -0.342 e. The molecule has 3 aliphatic rings. The van der Waals surface area contributed by atoms with Gasteiger partial charge in [-0.1, -0.05) is 20.3 Å². The van der Waals surface area contributed by atoms with Gasteiger partial charge in [0.15, 0.2) is 0 Å². The minimum atomic E-state index is 0.243. The van der Waals surface area contributed by atoms with E-state index >= 15 is 0 Å². The van der Waals surface area contributed by atoms with Crippen molar-refractivity contribution in [2.24, 2.45) is 11.3 Å². The average Bonchev–Trinajstić information content (AvgIpc) is 3.04. The number of fused-ring (bicyclic) bond motifs is 1. The Kier molecular flexibility index (Phi) is 4.56. The Bertz CT molecular complexity index is 630. The van der Waals surface area contributed by atoms with Gasteiger partial charge in [-0.3, -0.25) is 4.79 Å². The molecule has 2 fully saturated rings.